The number of hydrogen-bond donors (Lipinski definition) is 1. The number of thioether (sulfide) groups is 1. The Labute approximate surface area is 163 Å². The fraction of sp³-hybridized carbons (Fsp3) is 0.526. The molecule has 2 aromatic rings. The highest BCUT2D eigenvalue weighted by molar-refractivity contribution is 8.02. The third kappa shape index (κ3) is 5.71. The maximum Gasteiger partial charge on any atom is 0.235 e. The average molecular weight is 391 g/mol. The summed E-state index contributed by atoms with van der Waals surface area (Å²) in [6.07, 6.45) is 5.67. The molecule has 0 spiro atoms. The minimum atomic E-state index is -0.113. The first-order chi connectivity index (χ1) is 12.7. The number of nitrogens with one attached hydrogen (secondary N) is 1. The quantitative estimate of drug-likeness (QED) is 0.722. The summed E-state index contributed by atoms with van der Waals surface area (Å²) in [6.45, 7) is 4.59. The van der Waals surface area contributed by atoms with Crippen LogP contribution in [0.25, 0.3) is 0 Å². The van der Waals surface area contributed by atoms with E-state index in [0.717, 1.165) is 48.4 Å². The number of rotatable bonds is 7. The van der Waals surface area contributed by atoms with Gasteiger partial charge in [-0.05, 0) is 31.7 Å². The molecule has 1 atom stereocenters. The van der Waals surface area contributed by atoms with Crippen molar-refractivity contribution in [2.75, 3.05) is 25.0 Å². The number of aromatic nitrogens is 2. The van der Waals surface area contributed by atoms with Gasteiger partial charge in [0.25, 0.3) is 0 Å². The largest absolute Gasteiger partial charge is 0.360 e. The second-order valence-electron chi connectivity index (χ2n) is 6.54. The predicted octanol–water partition coefficient (Wildman–Crippen LogP) is 4.08. The maximum absolute atomic E-state index is 12.6. The van der Waals surface area contributed by atoms with Crippen LogP contribution in [0, 0.1) is 0 Å². The van der Waals surface area contributed by atoms with E-state index in [1.807, 2.05) is 17.9 Å². The fourth-order valence-electron chi connectivity index (χ4n) is 3.04. The molecule has 1 saturated heterocycles. The zero-order valence-corrected chi connectivity index (χ0v) is 16.8. The van der Waals surface area contributed by atoms with Crippen molar-refractivity contribution in [2.24, 2.45) is 0 Å². The van der Waals surface area contributed by atoms with E-state index in [2.05, 4.69) is 39.8 Å². The molecule has 7 heteroatoms. The van der Waals surface area contributed by atoms with Gasteiger partial charge in [-0.1, -0.05) is 66.3 Å². The SMILES string of the molecule is C[C@@H](Sc1nnc(NCCc2ccccc2)s1)C(=O)N1CCCCCC1. The molecule has 1 aliphatic heterocycles. The molecule has 0 bridgehead atoms. The van der Waals surface area contributed by atoms with Crippen LogP contribution in [0.15, 0.2) is 34.7 Å². The molecule has 3 rings (SSSR count). The molecule has 0 aliphatic carbocycles. The topological polar surface area (TPSA) is 58.1 Å². The summed E-state index contributed by atoms with van der Waals surface area (Å²) in [7, 11) is 0. The smallest absolute Gasteiger partial charge is 0.235 e. The Bertz CT molecular complexity index is 684. The molecule has 1 N–H and O–H groups in total. The molecule has 1 aromatic carbocycles. The van der Waals surface area contributed by atoms with Crippen molar-refractivity contribution in [3.63, 3.8) is 0 Å². The lowest BCUT2D eigenvalue weighted by Gasteiger charge is -2.23. The van der Waals surface area contributed by atoms with Gasteiger partial charge in [-0.3, -0.25) is 4.79 Å². The monoisotopic (exact) mass is 390 g/mol. The number of amides is 1. The molecular weight excluding hydrogens is 364 g/mol. The lowest BCUT2D eigenvalue weighted by molar-refractivity contribution is -0.130. The van der Waals surface area contributed by atoms with Crippen molar-refractivity contribution in [2.45, 2.75) is 48.6 Å². The van der Waals surface area contributed by atoms with Crippen LogP contribution in [0.4, 0.5) is 5.13 Å². The Morgan fingerprint density at radius 3 is 2.65 bits per heavy atom. The molecule has 1 amide bonds. The number of likely N-dealkylation sites (tertiary alicyclic amines) is 1. The van der Waals surface area contributed by atoms with Crippen LogP contribution in [0.1, 0.15) is 38.2 Å². The number of carbonyl (C=O) groups excluding carboxylic acids is 1. The third-order valence-corrected chi connectivity index (χ3v) is 6.54. The third-order valence-electron chi connectivity index (χ3n) is 4.48. The van der Waals surface area contributed by atoms with E-state index < -0.39 is 0 Å². The van der Waals surface area contributed by atoms with Crippen LogP contribution < -0.4 is 5.32 Å². The number of hydrogen-bond acceptors (Lipinski definition) is 6. The zero-order chi connectivity index (χ0) is 18.2. The standard InChI is InChI=1S/C19H26N4OS2/c1-15(17(24)23-13-7-2-3-8-14-23)25-19-22-21-18(26-19)20-12-11-16-9-5-4-6-10-16/h4-6,9-10,15H,2-3,7-8,11-14H2,1H3,(H,20,21)/t15-/m1/s1. The summed E-state index contributed by atoms with van der Waals surface area (Å²) < 4.78 is 0.850. The Hall–Kier alpha value is -1.60. The highest BCUT2D eigenvalue weighted by atomic mass is 32.2. The Morgan fingerprint density at radius 2 is 1.92 bits per heavy atom. The molecule has 5 nitrogen and oxygen atoms in total. The van der Waals surface area contributed by atoms with Crippen LogP contribution >= 0.6 is 23.1 Å². The van der Waals surface area contributed by atoms with Gasteiger partial charge in [-0.15, -0.1) is 10.2 Å². The van der Waals surface area contributed by atoms with Crippen molar-refractivity contribution in [3.8, 4) is 0 Å². The number of anilines is 1. The van der Waals surface area contributed by atoms with Crippen LogP contribution in [-0.2, 0) is 11.2 Å². The molecule has 26 heavy (non-hydrogen) atoms. The van der Waals surface area contributed by atoms with Crippen LogP contribution in [0.5, 0.6) is 0 Å². The molecule has 140 valence electrons. The van der Waals surface area contributed by atoms with Gasteiger partial charge in [0.2, 0.25) is 11.0 Å². The maximum atomic E-state index is 12.6. The van der Waals surface area contributed by atoms with Gasteiger partial charge < -0.3 is 10.2 Å². The van der Waals surface area contributed by atoms with E-state index in [0.29, 0.717) is 0 Å². The van der Waals surface area contributed by atoms with Crippen molar-refractivity contribution < 1.29 is 4.79 Å². The Balaban J connectivity index is 1.45. The van der Waals surface area contributed by atoms with Gasteiger partial charge in [0, 0.05) is 19.6 Å². The molecular formula is C19H26N4OS2. The van der Waals surface area contributed by atoms with E-state index in [-0.39, 0.29) is 11.2 Å². The van der Waals surface area contributed by atoms with E-state index >= 15 is 0 Å². The molecule has 0 saturated carbocycles. The van der Waals surface area contributed by atoms with Gasteiger partial charge in [0.15, 0.2) is 4.34 Å². The van der Waals surface area contributed by atoms with Crippen molar-refractivity contribution in [3.05, 3.63) is 35.9 Å². The van der Waals surface area contributed by atoms with E-state index in [4.69, 9.17) is 0 Å². The van der Waals surface area contributed by atoms with Gasteiger partial charge >= 0.3 is 0 Å². The number of benzene rings is 1. The molecule has 1 aromatic heterocycles. The van der Waals surface area contributed by atoms with Gasteiger partial charge in [-0.25, -0.2) is 0 Å². The van der Waals surface area contributed by atoms with Gasteiger partial charge in [0.05, 0.1) is 5.25 Å². The Morgan fingerprint density at radius 1 is 1.19 bits per heavy atom. The number of nitrogens with zero attached hydrogens (tertiary/aromatic N) is 3. The number of carbonyl (C=O) groups is 1. The highest BCUT2D eigenvalue weighted by Crippen LogP contribution is 2.30. The lowest BCUT2D eigenvalue weighted by atomic mass is 10.2. The van der Waals surface area contributed by atoms with Gasteiger partial charge in [0.1, 0.15) is 0 Å². The van der Waals surface area contributed by atoms with E-state index in [9.17, 15) is 4.79 Å². The normalized spacial score (nSPS) is 16.1. The average Bonchev–Trinajstić information content (AvgIpc) is 2.93. The Kier molecular flexibility index (Phi) is 7.32. The van der Waals surface area contributed by atoms with E-state index in [1.54, 1.807) is 0 Å². The second-order valence-corrected chi connectivity index (χ2v) is 9.10. The first-order valence-electron chi connectivity index (χ1n) is 9.29. The van der Waals surface area contributed by atoms with Crippen molar-refractivity contribution in [1.29, 1.82) is 0 Å². The van der Waals surface area contributed by atoms with Gasteiger partial charge in [-0.2, -0.15) is 0 Å². The molecule has 0 radical (unpaired) electrons. The minimum Gasteiger partial charge on any atom is -0.360 e. The summed E-state index contributed by atoms with van der Waals surface area (Å²) in [5.74, 6) is 0.227. The van der Waals surface area contributed by atoms with Crippen molar-refractivity contribution >= 4 is 34.1 Å². The van der Waals surface area contributed by atoms with Crippen molar-refractivity contribution in [1.82, 2.24) is 15.1 Å². The fourth-order valence-corrected chi connectivity index (χ4v) is 5.04. The summed E-state index contributed by atoms with van der Waals surface area (Å²) in [5, 5.41) is 12.5. The summed E-state index contributed by atoms with van der Waals surface area (Å²) in [6, 6.07) is 10.4. The van der Waals surface area contributed by atoms with Crippen LogP contribution in [-0.4, -0.2) is 45.9 Å². The second kappa shape index (κ2) is 9.92. The first kappa shape index (κ1) is 19.2. The summed E-state index contributed by atoms with van der Waals surface area (Å²) in [4.78, 5) is 14.7. The van der Waals surface area contributed by atoms with Crippen LogP contribution in [0.2, 0.25) is 0 Å². The lowest BCUT2D eigenvalue weighted by Crippen LogP contribution is -2.37. The van der Waals surface area contributed by atoms with E-state index in [1.165, 1.54) is 41.5 Å². The molecule has 1 aliphatic rings. The molecule has 2 heterocycles. The summed E-state index contributed by atoms with van der Waals surface area (Å²) in [5.41, 5.74) is 1.30. The zero-order valence-electron chi connectivity index (χ0n) is 15.2. The first-order valence-corrected chi connectivity index (χ1v) is 11.0. The minimum absolute atomic E-state index is 0.113. The molecule has 1 fully saturated rings. The summed E-state index contributed by atoms with van der Waals surface area (Å²) >= 11 is 3.04. The van der Waals surface area contributed by atoms with Crippen LogP contribution in [0.3, 0.4) is 0 Å². The highest BCUT2D eigenvalue weighted by Gasteiger charge is 2.23. The predicted molar refractivity (Wildman–Crippen MR) is 109 cm³/mol. The molecule has 0 unspecified atom stereocenters.